The molecule has 1 nitrogen and oxygen atoms in total. The summed E-state index contributed by atoms with van der Waals surface area (Å²) in [7, 11) is 0. The van der Waals surface area contributed by atoms with Crippen molar-refractivity contribution in [2.75, 3.05) is 11.1 Å². The molecule has 0 radical (unpaired) electrons. The summed E-state index contributed by atoms with van der Waals surface area (Å²) < 4.78 is 1.34. The normalized spacial score (nSPS) is 26.4. The summed E-state index contributed by atoms with van der Waals surface area (Å²) in [5.74, 6) is 1.15. The summed E-state index contributed by atoms with van der Waals surface area (Å²) in [4.78, 5) is 12.0. The van der Waals surface area contributed by atoms with Gasteiger partial charge in [-0.25, -0.2) is 0 Å². The van der Waals surface area contributed by atoms with Crippen LogP contribution >= 0.6 is 39.5 Å². The molecule has 4 heteroatoms. The predicted octanol–water partition coefficient (Wildman–Crippen LogP) is 4.34. The van der Waals surface area contributed by atoms with Gasteiger partial charge in [-0.05, 0) is 6.92 Å². The van der Waals surface area contributed by atoms with Crippen LogP contribution in [0, 0.1) is 0 Å². The Morgan fingerprint density at radius 3 is 2.76 bits per heavy atom. The Morgan fingerprint density at radius 2 is 2.18 bits per heavy atom. The minimum Gasteiger partial charge on any atom is -0.289 e. The highest BCUT2D eigenvalue weighted by atomic mass is 79.9. The zero-order valence-electron chi connectivity index (χ0n) is 9.48. The van der Waals surface area contributed by atoms with E-state index in [4.69, 9.17) is 0 Å². The summed E-state index contributed by atoms with van der Waals surface area (Å²) in [6, 6.07) is 9.41. The topological polar surface area (TPSA) is 17.1 Å². The zero-order valence-corrected chi connectivity index (χ0v) is 12.7. The third-order valence-corrected chi connectivity index (χ3v) is 7.14. The van der Waals surface area contributed by atoms with Gasteiger partial charge in [0, 0.05) is 31.7 Å². The molecule has 0 spiro atoms. The van der Waals surface area contributed by atoms with Gasteiger partial charge in [0.05, 0.1) is 0 Å². The van der Waals surface area contributed by atoms with Crippen molar-refractivity contribution < 1.29 is 4.79 Å². The van der Waals surface area contributed by atoms with Gasteiger partial charge in [0.1, 0.15) is 0 Å². The lowest BCUT2D eigenvalue weighted by Gasteiger charge is -2.16. The van der Waals surface area contributed by atoms with Crippen LogP contribution < -0.4 is 0 Å². The number of hydrogen-bond acceptors (Lipinski definition) is 3. The number of ketones is 1. The smallest absolute Gasteiger partial charge is 0.187 e. The van der Waals surface area contributed by atoms with Gasteiger partial charge in [0.2, 0.25) is 0 Å². The molecule has 90 valence electrons. The largest absolute Gasteiger partial charge is 0.289 e. The van der Waals surface area contributed by atoms with Crippen LogP contribution in [0.3, 0.4) is 0 Å². The Hall–Kier alpha value is -0.190. The first kappa shape index (κ1) is 13.2. The van der Waals surface area contributed by atoms with Crippen molar-refractivity contribution in [2.24, 2.45) is 0 Å². The maximum absolute atomic E-state index is 12.0. The van der Waals surface area contributed by atoms with Gasteiger partial charge < -0.3 is 0 Å². The molecule has 1 aliphatic heterocycles. The molecule has 0 aromatic heterocycles. The van der Waals surface area contributed by atoms with E-state index in [1.54, 1.807) is 29.6 Å². The third kappa shape index (κ3) is 3.39. The number of thioether (sulfide) groups is 2. The molecule has 1 fully saturated rings. The van der Waals surface area contributed by atoms with Crippen molar-refractivity contribution in [1.82, 2.24) is 0 Å². The number of benzene rings is 1. The molecule has 17 heavy (non-hydrogen) atoms. The first-order valence-corrected chi connectivity index (χ1v) is 8.24. The SMILES string of the molecule is C[C@@]1(CBr)CS/C(=C/C(=O)c2ccccc2)S1. The van der Waals surface area contributed by atoms with Gasteiger partial charge in [-0.1, -0.05) is 46.3 Å². The highest BCUT2D eigenvalue weighted by Crippen LogP contribution is 2.49. The van der Waals surface area contributed by atoms with Crippen LogP contribution in [0.5, 0.6) is 0 Å². The van der Waals surface area contributed by atoms with Gasteiger partial charge in [0.15, 0.2) is 5.78 Å². The average molecular weight is 329 g/mol. The maximum atomic E-state index is 12.0. The summed E-state index contributed by atoms with van der Waals surface area (Å²) in [5, 5.41) is 0.953. The van der Waals surface area contributed by atoms with E-state index in [-0.39, 0.29) is 10.5 Å². The highest BCUT2D eigenvalue weighted by Gasteiger charge is 2.32. The summed E-state index contributed by atoms with van der Waals surface area (Å²) in [5.41, 5.74) is 0.758. The second-order valence-corrected chi connectivity index (χ2v) is 7.63. The summed E-state index contributed by atoms with van der Waals surface area (Å²) in [6.45, 7) is 2.22. The van der Waals surface area contributed by atoms with Crippen LogP contribution in [0.2, 0.25) is 0 Å². The first-order chi connectivity index (χ1) is 8.13. The van der Waals surface area contributed by atoms with Crippen molar-refractivity contribution >= 4 is 45.2 Å². The molecule has 1 aromatic rings. The van der Waals surface area contributed by atoms with Gasteiger partial charge in [0.25, 0.3) is 0 Å². The zero-order chi connectivity index (χ0) is 12.3. The Labute approximate surface area is 119 Å². The van der Waals surface area contributed by atoms with E-state index in [0.29, 0.717) is 0 Å². The lowest BCUT2D eigenvalue weighted by atomic mass is 10.1. The minimum atomic E-state index is 0.0967. The number of hydrogen-bond donors (Lipinski definition) is 0. The van der Waals surface area contributed by atoms with E-state index in [0.717, 1.165) is 20.9 Å². The van der Waals surface area contributed by atoms with Crippen LogP contribution in [0.15, 0.2) is 40.6 Å². The predicted molar refractivity (Wildman–Crippen MR) is 81.1 cm³/mol. The Balaban J connectivity index is 2.09. The molecule has 0 aliphatic carbocycles. The van der Waals surface area contributed by atoms with Crippen molar-refractivity contribution in [3.8, 4) is 0 Å². The van der Waals surface area contributed by atoms with Crippen molar-refractivity contribution in [3.63, 3.8) is 0 Å². The quantitative estimate of drug-likeness (QED) is 0.466. The number of rotatable bonds is 3. The van der Waals surface area contributed by atoms with E-state index in [2.05, 4.69) is 22.9 Å². The molecule has 0 saturated carbocycles. The monoisotopic (exact) mass is 328 g/mol. The van der Waals surface area contributed by atoms with Gasteiger partial charge >= 0.3 is 0 Å². The van der Waals surface area contributed by atoms with Gasteiger partial charge in [-0.2, -0.15) is 0 Å². The van der Waals surface area contributed by atoms with Crippen molar-refractivity contribution in [1.29, 1.82) is 0 Å². The van der Waals surface area contributed by atoms with E-state index in [9.17, 15) is 4.79 Å². The van der Waals surface area contributed by atoms with Crippen LogP contribution in [0.1, 0.15) is 17.3 Å². The van der Waals surface area contributed by atoms with Crippen LogP contribution in [0.25, 0.3) is 0 Å². The fourth-order valence-corrected chi connectivity index (χ4v) is 5.13. The highest BCUT2D eigenvalue weighted by molar-refractivity contribution is 9.09. The number of alkyl halides is 1. The standard InChI is InChI=1S/C13H13BrOS2/c1-13(8-14)9-16-12(17-13)7-11(15)10-5-3-2-4-6-10/h2-7H,8-9H2,1H3/b12-7-/t13-/m1/s1. The van der Waals surface area contributed by atoms with E-state index < -0.39 is 0 Å². The van der Waals surface area contributed by atoms with E-state index in [1.807, 2.05) is 30.3 Å². The van der Waals surface area contributed by atoms with Crippen molar-refractivity contribution in [3.05, 3.63) is 46.2 Å². The first-order valence-electron chi connectivity index (χ1n) is 5.32. The molecule has 1 heterocycles. The maximum Gasteiger partial charge on any atom is 0.187 e. The average Bonchev–Trinajstić information content (AvgIpc) is 2.73. The molecule has 0 unspecified atom stereocenters. The second kappa shape index (κ2) is 5.63. The molecule has 1 aromatic carbocycles. The van der Waals surface area contributed by atoms with Gasteiger partial charge in [-0.15, -0.1) is 23.5 Å². The van der Waals surface area contributed by atoms with E-state index in [1.165, 1.54) is 0 Å². The van der Waals surface area contributed by atoms with Gasteiger partial charge in [-0.3, -0.25) is 4.79 Å². The lowest BCUT2D eigenvalue weighted by molar-refractivity contribution is 0.104. The summed E-state index contributed by atoms with van der Waals surface area (Å²) in [6.07, 6.45) is 1.76. The molecule has 1 atom stereocenters. The van der Waals surface area contributed by atoms with Crippen LogP contribution in [0.4, 0.5) is 0 Å². The molecular formula is C13H13BrOS2. The fraction of sp³-hybridized carbons (Fsp3) is 0.308. The molecule has 2 rings (SSSR count). The van der Waals surface area contributed by atoms with Crippen LogP contribution in [-0.2, 0) is 0 Å². The summed E-state index contributed by atoms with van der Waals surface area (Å²) >= 11 is 7.09. The molecule has 1 saturated heterocycles. The number of carbonyl (C=O) groups excluding carboxylic acids is 1. The molecular weight excluding hydrogens is 316 g/mol. The van der Waals surface area contributed by atoms with E-state index >= 15 is 0 Å². The minimum absolute atomic E-state index is 0.0967. The molecule has 0 bridgehead atoms. The molecule has 0 N–H and O–H groups in total. The van der Waals surface area contributed by atoms with Crippen LogP contribution in [-0.4, -0.2) is 21.6 Å². The Kier molecular flexibility index (Phi) is 4.39. The number of allylic oxidation sites excluding steroid dienone is 1. The second-order valence-electron chi connectivity index (χ2n) is 4.17. The Bertz CT molecular complexity index is 444. The van der Waals surface area contributed by atoms with Crippen molar-refractivity contribution in [2.45, 2.75) is 11.7 Å². The third-order valence-electron chi connectivity index (χ3n) is 2.46. The molecule has 1 aliphatic rings. The lowest BCUT2D eigenvalue weighted by Crippen LogP contribution is -2.20. The number of halogens is 1. The molecule has 0 amide bonds. The fourth-order valence-electron chi connectivity index (χ4n) is 1.46. The Morgan fingerprint density at radius 1 is 1.47 bits per heavy atom. The number of carbonyl (C=O) groups is 1.